The van der Waals surface area contributed by atoms with Gasteiger partial charge in [0.05, 0.1) is 12.0 Å². The van der Waals surface area contributed by atoms with Gasteiger partial charge in [-0.2, -0.15) is 0 Å². The molecule has 2 fully saturated rings. The number of nitrogens with two attached hydrogens (primary N) is 1. The lowest BCUT2D eigenvalue weighted by Gasteiger charge is -2.41. The molecule has 0 aromatic heterocycles. The minimum atomic E-state index is -0.675. The molecule has 0 unspecified atom stereocenters. The minimum absolute atomic E-state index is 0. The molecule has 5 nitrogen and oxygen atoms in total. The summed E-state index contributed by atoms with van der Waals surface area (Å²) < 4.78 is 0. The van der Waals surface area contributed by atoms with Gasteiger partial charge in [-0.25, -0.2) is 0 Å². The Labute approximate surface area is 162 Å². The van der Waals surface area contributed by atoms with Crippen LogP contribution in [0.1, 0.15) is 43.2 Å². The first kappa shape index (κ1) is 20.7. The Bertz CT molecular complexity index is 636. The Balaban J connectivity index is 0.00000243. The van der Waals surface area contributed by atoms with Crippen LogP contribution in [0, 0.1) is 6.92 Å². The molecule has 144 valence electrons. The van der Waals surface area contributed by atoms with Crippen LogP contribution in [0.25, 0.3) is 0 Å². The zero-order valence-corrected chi connectivity index (χ0v) is 16.4. The van der Waals surface area contributed by atoms with Gasteiger partial charge in [0.25, 0.3) is 0 Å². The van der Waals surface area contributed by atoms with E-state index in [2.05, 4.69) is 0 Å². The molecule has 0 bridgehead atoms. The third kappa shape index (κ3) is 4.57. The molecule has 1 aromatic carbocycles. The first-order valence-corrected chi connectivity index (χ1v) is 9.40. The molecular weight excluding hydrogens is 350 g/mol. The van der Waals surface area contributed by atoms with Crippen molar-refractivity contribution in [2.24, 2.45) is 5.73 Å². The van der Waals surface area contributed by atoms with Crippen molar-refractivity contribution in [3.63, 3.8) is 0 Å². The molecule has 0 atom stereocenters. The van der Waals surface area contributed by atoms with E-state index >= 15 is 0 Å². The van der Waals surface area contributed by atoms with Crippen molar-refractivity contribution in [1.82, 2.24) is 9.80 Å². The summed E-state index contributed by atoms with van der Waals surface area (Å²) in [6.07, 6.45) is 5.26. The Kier molecular flexibility index (Phi) is 7.07. The van der Waals surface area contributed by atoms with Crippen LogP contribution < -0.4 is 5.73 Å². The zero-order valence-electron chi connectivity index (χ0n) is 15.6. The van der Waals surface area contributed by atoms with Gasteiger partial charge in [-0.05, 0) is 30.9 Å². The number of piperazine rings is 1. The molecular formula is C20H30ClN3O2. The first-order chi connectivity index (χ1) is 12.0. The number of amides is 2. The van der Waals surface area contributed by atoms with Crippen LogP contribution in [-0.2, 0) is 16.0 Å². The minimum Gasteiger partial charge on any atom is -0.339 e. The Morgan fingerprint density at radius 2 is 1.58 bits per heavy atom. The molecule has 1 saturated carbocycles. The van der Waals surface area contributed by atoms with Crippen molar-refractivity contribution >= 4 is 24.2 Å². The van der Waals surface area contributed by atoms with E-state index in [4.69, 9.17) is 5.73 Å². The van der Waals surface area contributed by atoms with Crippen LogP contribution in [0.4, 0.5) is 0 Å². The zero-order chi connectivity index (χ0) is 17.9. The Morgan fingerprint density at radius 3 is 2.19 bits per heavy atom. The third-order valence-corrected chi connectivity index (χ3v) is 5.69. The number of carbonyl (C=O) groups is 2. The summed E-state index contributed by atoms with van der Waals surface area (Å²) in [7, 11) is 0. The van der Waals surface area contributed by atoms with Crippen LogP contribution in [0.5, 0.6) is 0 Å². The maximum absolute atomic E-state index is 12.8. The van der Waals surface area contributed by atoms with E-state index in [1.807, 2.05) is 41.0 Å². The van der Waals surface area contributed by atoms with Gasteiger partial charge in [-0.3, -0.25) is 9.59 Å². The van der Waals surface area contributed by atoms with E-state index in [-0.39, 0.29) is 24.2 Å². The van der Waals surface area contributed by atoms with Gasteiger partial charge in [0.15, 0.2) is 0 Å². The maximum atomic E-state index is 12.8. The molecule has 6 heteroatoms. The maximum Gasteiger partial charge on any atom is 0.242 e. The highest BCUT2D eigenvalue weighted by molar-refractivity contribution is 5.87. The van der Waals surface area contributed by atoms with Gasteiger partial charge >= 0.3 is 0 Å². The highest BCUT2D eigenvalue weighted by Gasteiger charge is 2.39. The molecule has 1 heterocycles. The second-order valence-electron chi connectivity index (χ2n) is 7.49. The molecule has 2 N–H and O–H groups in total. The van der Waals surface area contributed by atoms with Crippen LogP contribution in [-0.4, -0.2) is 53.3 Å². The van der Waals surface area contributed by atoms with Crippen molar-refractivity contribution in [2.45, 2.75) is 51.0 Å². The fraction of sp³-hybridized carbons (Fsp3) is 0.600. The van der Waals surface area contributed by atoms with Crippen molar-refractivity contribution in [3.8, 4) is 0 Å². The highest BCUT2D eigenvalue weighted by atomic mass is 35.5. The fourth-order valence-corrected chi connectivity index (χ4v) is 3.95. The smallest absolute Gasteiger partial charge is 0.242 e. The largest absolute Gasteiger partial charge is 0.339 e. The summed E-state index contributed by atoms with van der Waals surface area (Å²) in [6, 6.07) is 8.00. The van der Waals surface area contributed by atoms with Crippen molar-refractivity contribution in [2.75, 3.05) is 26.2 Å². The summed E-state index contributed by atoms with van der Waals surface area (Å²) in [6.45, 7) is 4.43. The van der Waals surface area contributed by atoms with Crippen molar-refractivity contribution in [1.29, 1.82) is 0 Å². The number of aryl methyl sites for hydroxylation is 1. The number of hydrogen-bond acceptors (Lipinski definition) is 3. The van der Waals surface area contributed by atoms with E-state index in [0.717, 1.165) is 36.8 Å². The number of halogens is 1. The monoisotopic (exact) mass is 379 g/mol. The number of carbonyl (C=O) groups excluding carboxylic acids is 2. The summed E-state index contributed by atoms with van der Waals surface area (Å²) in [5, 5.41) is 0. The standard InChI is InChI=1S/C20H29N3O2.ClH/c1-16-7-3-4-8-17(16)15-18(24)22-11-13-23(14-12-22)19(25)20(21)9-5-2-6-10-20;/h3-4,7-8H,2,5-6,9-15,21H2,1H3;1H. The van der Waals surface area contributed by atoms with E-state index in [1.165, 1.54) is 6.42 Å². The van der Waals surface area contributed by atoms with Crippen LogP contribution in [0.2, 0.25) is 0 Å². The second kappa shape index (κ2) is 8.87. The summed E-state index contributed by atoms with van der Waals surface area (Å²) in [5.74, 6) is 0.222. The molecule has 1 saturated heterocycles. The molecule has 1 aliphatic carbocycles. The van der Waals surface area contributed by atoms with Gasteiger partial charge < -0.3 is 15.5 Å². The highest BCUT2D eigenvalue weighted by Crippen LogP contribution is 2.28. The van der Waals surface area contributed by atoms with Gasteiger partial charge in [-0.1, -0.05) is 43.5 Å². The van der Waals surface area contributed by atoms with Crippen molar-refractivity contribution in [3.05, 3.63) is 35.4 Å². The lowest BCUT2D eigenvalue weighted by atomic mass is 9.81. The second-order valence-corrected chi connectivity index (χ2v) is 7.49. The fourth-order valence-electron chi connectivity index (χ4n) is 3.95. The van der Waals surface area contributed by atoms with Crippen LogP contribution in [0.3, 0.4) is 0 Å². The van der Waals surface area contributed by atoms with Gasteiger partial charge in [0, 0.05) is 26.2 Å². The predicted octanol–water partition coefficient (Wildman–Crippen LogP) is 2.29. The quantitative estimate of drug-likeness (QED) is 0.876. The molecule has 1 aliphatic heterocycles. The molecule has 2 aliphatic rings. The number of hydrogen-bond donors (Lipinski definition) is 1. The summed E-state index contributed by atoms with van der Waals surface area (Å²) in [5.41, 5.74) is 7.92. The van der Waals surface area contributed by atoms with Gasteiger partial charge in [-0.15, -0.1) is 12.4 Å². The van der Waals surface area contributed by atoms with E-state index < -0.39 is 5.54 Å². The Hall–Kier alpha value is -1.59. The average molecular weight is 380 g/mol. The first-order valence-electron chi connectivity index (χ1n) is 9.40. The predicted molar refractivity (Wildman–Crippen MR) is 105 cm³/mol. The SMILES string of the molecule is Cc1ccccc1CC(=O)N1CCN(C(=O)C2(N)CCCCC2)CC1.Cl. The molecule has 0 spiro atoms. The lowest BCUT2D eigenvalue weighted by Crippen LogP contribution is -2.60. The summed E-state index contributed by atoms with van der Waals surface area (Å²) in [4.78, 5) is 29.1. The van der Waals surface area contributed by atoms with E-state index in [9.17, 15) is 9.59 Å². The number of rotatable bonds is 3. The molecule has 0 radical (unpaired) electrons. The molecule has 26 heavy (non-hydrogen) atoms. The van der Waals surface area contributed by atoms with Crippen LogP contribution in [0.15, 0.2) is 24.3 Å². The topological polar surface area (TPSA) is 66.6 Å². The number of benzene rings is 1. The molecule has 2 amide bonds. The molecule has 1 aromatic rings. The van der Waals surface area contributed by atoms with Crippen LogP contribution >= 0.6 is 12.4 Å². The normalized spacial score (nSPS) is 19.6. The Morgan fingerprint density at radius 1 is 1.00 bits per heavy atom. The molecule has 3 rings (SSSR count). The van der Waals surface area contributed by atoms with Gasteiger partial charge in [0.1, 0.15) is 0 Å². The average Bonchev–Trinajstić information content (AvgIpc) is 2.64. The van der Waals surface area contributed by atoms with E-state index in [0.29, 0.717) is 32.6 Å². The van der Waals surface area contributed by atoms with Crippen molar-refractivity contribution < 1.29 is 9.59 Å². The van der Waals surface area contributed by atoms with E-state index in [1.54, 1.807) is 0 Å². The third-order valence-electron chi connectivity index (χ3n) is 5.69. The number of nitrogens with zero attached hydrogens (tertiary/aromatic N) is 2. The lowest BCUT2D eigenvalue weighted by molar-refractivity contribution is -0.143. The summed E-state index contributed by atoms with van der Waals surface area (Å²) >= 11 is 0. The van der Waals surface area contributed by atoms with Gasteiger partial charge in [0.2, 0.25) is 11.8 Å².